The van der Waals surface area contributed by atoms with Crippen LogP contribution >= 0.6 is 23.2 Å². The molecule has 1 saturated heterocycles. The average molecular weight is 316 g/mol. The van der Waals surface area contributed by atoms with Gasteiger partial charge in [-0.2, -0.15) is 0 Å². The van der Waals surface area contributed by atoms with Crippen molar-refractivity contribution in [3.8, 4) is 0 Å². The van der Waals surface area contributed by atoms with E-state index >= 15 is 0 Å². The summed E-state index contributed by atoms with van der Waals surface area (Å²) in [7, 11) is 0. The van der Waals surface area contributed by atoms with Gasteiger partial charge in [-0.05, 0) is 30.0 Å². The van der Waals surface area contributed by atoms with E-state index < -0.39 is 6.10 Å². The Balaban J connectivity index is 1.72. The molecule has 2 atom stereocenters. The monoisotopic (exact) mass is 315 g/mol. The molecule has 0 aromatic heterocycles. The molecule has 0 saturated carbocycles. The fourth-order valence-corrected chi connectivity index (χ4v) is 3.13. The number of carbonyl (C=O) groups is 1. The second-order valence-corrected chi connectivity index (χ2v) is 5.75. The standard InChI is InChI=1S/C14H15Cl2NO3/c15-10-3-1-8-9(13(10)16)2-4-11(8)17-14(18)12-7-19-5-6-20-12/h1,3,11-12H,2,4-7H2,(H,17,18)/t11-,12+/m1/s1. The highest BCUT2D eigenvalue weighted by Crippen LogP contribution is 2.39. The maximum atomic E-state index is 12.1. The average Bonchev–Trinajstić information content (AvgIpc) is 2.87. The molecule has 1 amide bonds. The summed E-state index contributed by atoms with van der Waals surface area (Å²) in [4.78, 5) is 12.1. The lowest BCUT2D eigenvalue weighted by molar-refractivity contribution is -0.148. The van der Waals surface area contributed by atoms with Gasteiger partial charge in [-0.15, -0.1) is 0 Å². The molecule has 108 valence electrons. The van der Waals surface area contributed by atoms with Crippen molar-refractivity contribution in [2.24, 2.45) is 0 Å². The first kappa shape index (κ1) is 14.1. The van der Waals surface area contributed by atoms with Crippen LogP contribution in [-0.2, 0) is 20.7 Å². The smallest absolute Gasteiger partial charge is 0.252 e. The first-order valence-electron chi connectivity index (χ1n) is 6.63. The van der Waals surface area contributed by atoms with Crippen LogP contribution in [0.4, 0.5) is 0 Å². The summed E-state index contributed by atoms with van der Waals surface area (Å²) in [5, 5.41) is 4.16. The summed E-state index contributed by atoms with van der Waals surface area (Å²) < 4.78 is 10.6. The summed E-state index contributed by atoms with van der Waals surface area (Å²) in [6.45, 7) is 1.32. The minimum atomic E-state index is -0.518. The van der Waals surface area contributed by atoms with E-state index in [1.165, 1.54) is 0 Å². The highest BCUT2D eigenvalue weighted by Gasteiger charge is 2.30. The molecule has 4 nitrogen and oxygen atoms in total. The summed E-state index contributed by atoms with van der Waals surface area (Å²) in [6.07, 6.45) is 1.13. The largest absolute Gasteiger partial charge is 0.376 e. The number of fused-ring (bicyclic) bond motifs is 1. The van der Waals surface area contributed by atoms with Gasteiger partial charge in [-0.1, -0.05) is 29.3 Å². The molecule has 0 spiro atoms. The molecule has 6 heteroatoms. The van der Waals surface area contributed by atoms with Crippen LogP contribution in [0, 0.1) is 0 Å². The molecule has 0 unspecified atom stereocenters. The van der Waals surface area contributed by atoms with Crippen molar-refractivity contribution in [3.05, 3.63) is 33.3 Å². The molecule has 2 aliphatic rings. The van der Waals surface area contributed by atoms with Gasteiger partial charge < -0.3 is 14.8 Å². The Labute approximate surface area is 127 Å². The topological polar surface area (TPSA) is 47.6 Å². The Morgan fingerprint density at radius 3 is 2.90 bits per heavy atom. The molecule has 1 aromatic rings. The maximum absolute atomic E-state index is 12.1. The molecule has 1 N–H and O–H groups in total. The lowest BCUT2D eigenvalue weighted by Gasteiger charge is -2.24. The third-order valence-electron chi connectivity index (χ3n) is 3.72. The minimum absolute atomic E-state index is 0.0298. The number of carbonyl (C=O) groups excluding carboxylic acids is 1. The van der Waals surface area contributed by atoms with Gasteiger partial charge in [-0.3, -0.25) is 4.79 Å². The lowest BCUT2D eigenvalue weighted by Crippen LogP contribution is -2.43. The molecule has 1 aliphatic carbocycles. The van der Waals surface area contributed by atoms with Crippen LogP contribution < -0.4 is 5.32 Å². The second kappa shape index (κ2) is 5.90. The van der Waals surface area contributed by atoms with Gasteiger partial charge in [0.05, 0.1) is 35.9 Å². The predicted molar refractivity (Wildman–Crippen MR) is 76.2 cm³/mol. The molecular weight excluding hydrogens is 301 g/mol. The number of ether oxygens (including phenoxy) is 2. The first-order valence-corrected chi connectivity index (χ1v) is 7.39. The van der Waals surface area contributed by atoms with Gasteiger partial charge in [-0.25, -0.2) is 0 Å². The molecule has 20 heavy (non-hydrogen) atoms. The van der Waals surface area contributed by atoms with Gasteiger partial charge >= 0.3 is 0 Å². The number of benzene rings is 1. The Morgan fingerprint density at radius 1 is 1.30 bits per heavy atom. The normalized spacial score (nSPS) is 25.3. The zero-order valence-electron chi connectivity index (χ0n) is 10.8. The van der Waals surface area contributed by atoms with Crippen molar-refractivity contribution >= 4 is 29.1 Å². The van der Waals surface area contributed by atoms with Gasteiger partial charge in [0.25, 0.3) is 5.91 Å². The number of hydrogen-bond acceptors (Lipinski definition) is 3. The highest BCUT2D eigenvalue weighted by atomic mass is 35.5. The summed E-state index contributed by atoms with van der Waals surface area (Å²) >= 11 is 12.2. The van der Waals surface area contributed by atoms with Crippen molar-refractivity contribution in [1.82, 2.24) is 5.32 Å². The van der Waals surface area contributed by atoms with E-state index in [-0.39, 0.29) is 11.9 Å². The fourth-order valence-electron chi connectivity index (χ4n) is 2.69. The lowest BCUT2D eigenvalue weighted by atomic mass is 10.1. The third kappa shape index (κ3) is 2.66. The van der Waals surface area contributed by atoms with E-state index in [4.69, 9.17) is 32.7 Å². The van der Waals surface area contributed by atoms with Crippen molar-refractivity contribution in [2.45, 2.75) is 25.0 Å². The van der Waals surface area contributed by atoms with Crippen LogP contribution in [0.25, 0.3) is 0 Å². The van der Waals surface area contributed by atoms with Gasteiger partial charge in [0.15, 0.2) is 6.10 Å². The summed E-state index contributed by atoms with van der Waals surface area (Å²) in [5.74, 6) is -0.131. The fraction of sp³-hybridized carbons (Fsp3) is 0.500. The summed E-state index contributed by atoms with van der Waals surface area (Å²) in [5.41, 5.74) is 2.08. The van der Waals surface area contributed by atoms with Crippen LogP contribution in [0.1, 0.15) is 23.6 Å². The number of halogens is 2. The van der Waals surface area contributed by atoms with Crippen molar-refractivity contribution < 1.29 is 14.3 Å². The van der Waals surface area contributed by atoms with Crippen LogP contribution in [0.15, 0.2) is 12.1 Å². The Bertz CT molecular complexity index is 529. The van der Waals surface area contributed by atoms with Crippen molar-refractivity contribution in [1.29, 1.82) is 0 Å². The molecule has 1 fully saturated rings. The SMILES string of the molecule is O=C(N[C@@H]1CCc2c1ccc(Cl)c2Cl)[C@@H]1COCCO1. The van der Waals surface area contributed by atoms with Crippen molar-refractivity contribution in [2.75, 3.05) is 19.8 Å². The summed E-state index contributed by atoms with van der Waals surface area (Å²) in [6, 6.07) is 3.67. The highest BCUT2D eigenvalue weighted by molar-refractivity contribution is 6.42. The van der Waals surface area contributed by atoms with Gasteiger partial charge in [0, 0.05) is 0 Å². The van der Waals surface area contributed by atoms with Crippen LogP contribution in [0.5, 0.6) is 0 Å². The molecule has 0 bridgehead atoms. The number of amides is 1. The van der Waals surface area contributed by atoms with Crippen LogP contribution in [0.3, 0.4) is 0 Å². The van der Waals surface area contributed by atoms with Crippen LogP contribution in [0.2, 0.25) is 10.0 Å². The third-order valence-corrected chi connectivity index (χ3v) is 4.56. The van der Waals surface area contributed by atoms with Gasteiger partial charge in [0.1, 0.15) is 0 Å². The van der Waals surface area contributed by atoms with Crippen LogP contribution in [-0.4, -0.2) is 31.8 Å². The maximum Gasteiger partial charge on any atom is 0.252 e. The number of hydrogen-bond donors (Lipinski definition) is 1. The Hall–Kier alpha value is -0.810. The zero-order chi connectivity index (χ0) is 14.1. The number of nitrogens with one attached hydrogen (secondary N) is 1. The van der Waals surface area contributed by atoms with Gasteiger partial charge in [0.2, 0.25) is 0 Å². The van der Waals surface area contributed by atoms with E-state index in [1.54, 1.807) is 6.07 Å². The van der Waals surface area contributed by atoms with E-state index in [2.05, 4.69) is 5.32 Å². The number of rotatable bonds is 2. The minimum Gasteiger partial charge on any atom is -0.376 e. The molecular formula is C14H15Cl2NO3. The molecule has 3 rings (SSSR count). The molecule has 1 aliphatic heterocycles. The first-order chi connectivity index (χ1) is 9.66. The quantitative estimate of drug-likeness (QED) is 0.912. The van der Waals surface area contributed by atoms with Crippen molar-refractivity contribution in [3.63, 3.8) is 0 Å². The molecule has 0 radical (unpaired) electrons. The Morgan fingerprint density at radius 2 is 2.15 bits per heavy atom. The molecule has 1 aromatic carbocycles. The second-order valence-electron chi connectivity index (χ2n) is 4.96. The van der Waals surface area contributed by atoms with E-state index in [0.717, 1.165) is 24.0 Å². The van der Waals surface area contributed by atoms with E-state index in [9.17, 15) is 4.79 Å². The Kier molecular flexibility index (Phi) is 4.17. The van der Waals surface area contributed by atoms with E-state index in [0.29, 0.717) is 29.9 Å². The molecule has 1 heterocycles. The van der Waals surface area contributed by atoms with E-state index in [1.807, 2.05) is 6.07 Å². The predicted octanol–water partition coefficient (Wildman–Crippen LogP) is 2.51. The zero-order valence-corrected chi connectivity index (χ0v) is 12.3.